The molecule has 1 fully saturated rings. The summed E-state index contributed by atoms with van der Waals surface area (Å²) in [5.74, 6) is -1.84. The highest BCUT2D eigenvalue weighted by Gasteiger charge is 2.38. The lowest BCUT2D eigenvalue weighted by Crippen LogP contribution is -2.42. The van der Waals surface area contributed by atoms with Crippen LogP contribution in [0.15, 0.2) is 47.8 Å². The molecule has 0 amide bonds. The number of alkyl halides is 3. The maximum absolute atomic E-state index is 10.6. The number of rotatable bonds is 13. The first kappa shape index (κ1) is 35.9. The minimum absolute atomic E-state index is 0.603. The SMILES string of the molecule is CCN(CC)c1nc(-c2ccc(OCCCCNC3CCN(Cc4ccc(Cl)c(Cl)c4)CC3)cc2)cs1.O=C(O)C(F)(F)F. The molecule has 242 valence electrons. The molecule has 2 aromatic carbocycles. The average Bonchev–Trinajstić information content (AvgIpc) is 3.48. The van der Waals surface area contributed by atoms with Gasteiger partial charge in [-0.3, -0.25) is 4.90 Å². The molecule has 0 unspecified atom stereocenters. The Morgan fingerprint density at radius 3 is 2.34 bits per heavy atom. The van der Waals surface area contributed by atoms with E-state index in [2.05, 4.69) is 64.7 Å². The Kier molecular flexibility index (Phi) is 14.5. The molecule has 7 nitrogen and oxygen atoms in total. The molecule has 0 saturated carbocycles. The van der Waals surface area contributed by atoms with Crippen molar-refractivity contribution in [2.24, 2.45) is 0 Å². The number of anilines is 1. The predicted octanol–water partition coefficient (Wildman–Crippen LogP) is 8.01. The number of unbranched alkanes of at least 4 members (excludes halogenated alkanes) is 1. The van der Waals surface area contributed by atoms with Gasteiger partial charge < -0.3 is 20.1 Å². The summed E-state index contributed by atoms with van der Waals surface area (Å²) in [6.45, 7) is 11.2. The van der Waals surface area contributed by atoms with Crippen molar-refractivity contribution in [1.29, 1.82) is 0 Å². The Morgan fingerprint density at radius 2 is 1.75 bits per heavy atom. The third-order valence-corrected chi connectivity index (χ3v) is 8.81. The third-order valence-electron chi connectivity index (χ3n) is 7.17. The average molecular weight is 676 g/mol. The number of thiazole rings is 1. The van der Waals surface area contributed by atoms with Crippen LogP contribution in [0, 0.1) is 0 Å². The van der Waals surface area contributed by atoms with Gasteiger partial charge in [-0.2, -0.15) is 13.2 Å². The Labute approximate surface area is 270 Å². The molecule has 0 bridgehead atoms. The van der Waals surface area contributed by atoms with Crippen molar-refractivity contribution in [2.75, 3.05) is 44.2 Å². The molecule has 0 aliphatic carbocycles. The summed E-state index contributed by atoms with van der Waals surface area (Å²) in [7, 11) is 0. The van der Waals surface area contributed by atoms with Crippen molar-refractivity contribution < 1.29 is 27.8 Å². The molecule has 0 spiro atoms. The topological polar surface area (TPSA) is 77.9 Å². The van der Waals surface area contributed by atoms with Gasteiger partial charge >= 0.3 is 12.1 Å². The second kappa shape index (κ2) is 17.8. The van der Waals surface area contributed by atoms with Gasteiger partial charge in [0.15, 0.2) is 5.13 Å². The van der Waals surface area contributed by atoms with Crippen molar-refractivity contribution >= 4 is 45.6 Å². The number of hydrogen-bond acceptors (Lipinski definition) is 7. The molecular weight excluding hydrogens is 636 g/mol. The number of aromatic nitrogens is 1. The molecule has 0 radical (unpaired) electrons. The number of likely N-dealkylation sites (tertiary alicyclic amines) is 1. The highest BCUT2D eigenvalue weighted by atomic mass is 35.5. The Bertz CT molecular complexity index is 1300. The zero-order chi connectivity index (χ0) is 32.1. The van der Waals surface area contributed by atoms with Crippen LogP contribution in [0.4, 0.5) is 18.3 Å². The number of carbonyl (C=O) groups is 1. The van der Waals surface area contributed by atoms with Crippen LogP contribution in [0.25, 0.3) is 11.3 Å². The quantitative estimate of drug-likeness (QED) is 0.178. The van der Waals surface area contributed by atoms with Crippen molar-refractivity contribution in [3.8, 4) is 17.0 Å². The molecule has 1 aliphatic rings. The molecule has 0 atom stereocenters. The number of hydrogen-bond donors (Lipinski definition) is 2. The van der Waals surface area contributed by atoms with E-state index in [-0.39, 0.29) is 0 Å². The summed E-state index contributed by atoms with van der Waals surface area (Å²) in [6, 6.07) is 14.8. The van der Waals surface area contributed by atoms with Crippen LogP contribution in [0.1, 0.15) is 45.1 Å². The predicted molar refractivity (Wildman–Crippen MR) is 172 cm³/mol. The summed E-state index contributed by atoms with van der Waals surface area (Å²) in [5, 5.41) is 15.3. The summed E-state index contributed by atoms with van der Waals surface area (Å²) >= 11 is 13.9. The lowest BCUT2D eigenvalue weighted by Gasteiger charge is -2.32. The number of aliphatic carboxylic acids is 1. The zero-order valence-electron chi connectivity index (χ0n) is 24.9. The minimum Gasteiger partial charge on any atom is -0.494 e. The first-order valence-corrected chi connectivity index (χ1v) is 16.3. The number of nitrogens with zero attached hydrogens (tertiary/aromatic N) is 3. The number of nitrogens with one attached hydrogen (secondary N) is 1. The van der Waals surface area contributed by atoms with Crippen LogP contribution < -0.4 is 15.0 Å². The summed E-state index contributed by atoms with van der Waals surface area (Å²) in [5.41, 5.74) is 3.39. The molecule has 4 rings (SSSR count). The second-order valence-electron chi connectivity index (χ2n) is 10.3. The number of benzene rings is 2. The van der Waals surface area contributed by atoms with E-state index in [0.717, 1.165) is 80.9 Å². The first-order valence-electron chi connectivity index (χ1n) is 14.6. The van der Waals surface area contributed by atoms with Crippen LogP contribution in [-0.2, 0) is 11.3 Å². The Balaban J connectivity index is 0.000000676. The summed E-state index contributed by atoms with van der Waals surface area (Å²) in [6.07, 6.45) is -0.558. The van der Waals surface area contributed by atoms with E-state index in [4.69, 9.17) is 42.8 Å². The highest BCUT2D eigenvalue weighted by Crippen LogP contribution is 2.29. The highest BCUT2D eigenvalue weighted by molar-refractivity contribution is 7.14. The van der Waals surface area contributed by atoms with E-state index in [1.54, 1.807) is 11.3 Å². The monoisotopic (exact) mass is 674 g/mol. The van der Waals surface area contributed by atoms with Crippen LogP contribution in [0.5, 0.6) is 5.75 Å². The summed E-state index contributed by atoms with van der Waals surface area (Å²) < 4.78 is 37.7. The molecule has 2 heterocycles. The van der Waals surface area contributed by atoms with Crippen LogP contribution in [0.2, 0.25) is 10.0 Å². The van der Waals surface area contributed by atoms with Gasteiger partial charge in [0.25, 0.3) is 0 Å². The van der Waals surface area contributed by atoms with E-state index in [1.807, 2.05) is 12.1 Å². The molecule has 44 heavy (non-hydrogen) atoms. The number of ether oxygens (including phenoxy) is 1. The standard InChI is InChI=1S/C29H38Cl2N4OS.C2HF3O2/c1-3-35(4-2)29-33-28(21-37-29)23-8-10-25(11-9-23)36-18-6-5-15-32-24-13-16-34(17-14-24)20-22-7-12-26(30)27(31)19-22;3-2(4,5)1(6)7/h7-12,19,21,24,32H,3-6,13-18,20H2,1-2H3;(H,6,7). The smallest absolute Gasteiger partial charge is 0.490 e. The number of halogens is 5. The lowest BCUT2D eigenvalue weighted by molar-refractivity contribution is -0.192. The number of carboxylic acid groups (broad SMARTS) is 1. The van der Waals surface area contributed by atoms with Gasteiger partial charge in [-0.15, -0.1) is 11.3 Å². The van der Waals surface area contributed by atoms with Crippen LogP contribution in [0.3, 0.4) is 0 Å². The molecule has 1 saturated heterocycles. The van der Waals surface area contributed by atoms with E-state index in [1.165, 1.54) is 18.4 Å². The van der Waals surface area contributed by atoms with Gasteiger partial charge in [-0.25, -0.2) is 9.78 Å². The maximum Gasteiger partial charge on any atom is 0.490 e. The van der Waals surface area contributed by atoms with Gasteiger partial charge in [0.1, 0.15) is 5.75 Å². The van der Waals surface area contributed by atoms with Crippen LogP contribution in [-0.4, -0.2) is 72.5 Å². The van der Waals surface area contributed by atoms with E-state index < -0.39 is 12.1 Å². The fraction of sp³-hybridized carbons (Fsp3) is 0.484. The van der Waals surface area contributed by atoms with Crippen LogP contribution >= 0.6 is 34.5 Å². The van der Waals surface area contributed by atoms with Gasteiger partial charge in [0.05, 0.1) is 22.3 Å². The fourth-order valence-corrected chi connectivity index (χ4v) is 5.96. The molecule has 1 aromatic heterocycles. The van der Waals surface area contributed by atoms with Crippen molar-refractivity contribution in [1.82, 2.24) is 15.2 Å². The van der Waals surface area contributed by atoms with E-state index in [0.29, 0.717) is 16.1 Å². The molecule has 3 aromatic rings. The minimum atomic E-state index is -5.08. The lowest BCUT2D eigenvalue weighted by atomic mass is 10.0. The van der Waals surface area contributed by atoms with Crippen molar-refractivity contribution in [3.05, 3.63) is 63.5 Å². The van der Waals surface area contributed by atoms with E-state index in [9.17, 15) is 13.2 Å². The fourth-order valence-electron chi connectivity index (χ4n) is 4.67. The number of piperidine rings is 1. The molecule has 13 heteroatoms. The van der Waals surface area contributed by atoms with Gasteiger partial charge in [0, 0.05) is 36.6 Å². The zero-order valence-corrected chi connectivity index (χ0v) is 27.2. The van der Waals surface area contributed by atoms with E-state index >= 15 is 0 Å². The Hall–Kier alpha value is -2.57. The van der Waals surface area contributed by atoms with Gasteiger partial charge in [-0.05, 0) is 101 Å². The molecule has 1 aliphatic heterocycles. The second-order valence-corrected chi connectivity index (χ2v) is 12.0. The largest absolute Gasteiger partial charge is 0.494 e. The number of carboxylic acids is 1. The molecular formula is C31H39Cl2F3N4O3S. The first-order chi connectivity index (χ1) is 21.0. The third kappa shape index (κ3) is 11.7. The Morgan fingerprint density at radius 1 is 1.09 bits per heavy atom. The molecule has 2 N–H and O–H groups in total. The van der Waals surface area contributed by atoms with Crippen molar-refractivity contribution in [3.63, 3.8) is 0 Å². The van der Waals surface area contributed by atoms with Gasteiger partial charge in [-0.1, -0.05) is 29.3 Å². The van der Waals surface area contributed by atoms with Crippen molar-refractivity contribution in [2.45, 2.75) is 58.3 Å². The summed E-state index contributed by atoms with van der Waals surface area (Å²) in [4.78, 5) is 18.5. The normalized spacial score (nSPS) is 14.2. The van der Waals surface area contributed by atoms with Gasteiger partial charge in [0.2, 0.25) is 0 Å². The maximum atomic E-state index is 10.6.